The maximum absolute atomic E-state index is 12.3. The second-order valence-electron chi connectivity index (χ2n) is 6.09. The molecule has 1 fully saturated rings. The summed E-state index contributed by atoms with van der Waals surface area (Å²) in [4.78, 5) is 38.5. The Morgan fingerprint density at radius 1 is 1.39 bits per heavy atom. The first kappa shape index (κ1) is 17.3. The van der Waals surface area contributed by atoms with Crippen LogP contribution in [-0.4, -0.2) is 36.1 Å². The first-order chi connectivity index (χ1) is 10.7. The summed E-state index contributed by atoms with van der Waals surface area (Å²) in [5, 5.41) is 2.62. The smallest absolute Gasteiger partial charge is 0.242 e. The van der Waals surface area contributed by atoms with E-state index in [9.17, 15) is 14.4 Å². The van der Waals surface area contributed by atoms with Gasteiger partial charge in [-0.15, -0.1) is 11.8 Å². The quantitative estimate of drug-likeness (QED) is 0.789. The van der Waals surface area contributed by atoms with Crippen molar-refractivity contribution in [3.05, 3.63) is 24.3 Å². The lowest BCUT2D eigenvalue weighted by Crippen LogP contribution is -2.54. The van der Waals surface area contributed by atoms with Crippen LogP contribution in [0.15, 0.2) is 29.2 Å². The average molecular weight is 335 g/mol. The van der Waals surface area contributed by atoms with Crippen LogP contribution in [-0.2, 0) is 14.4 Å². The van der Waals surface area contributed by atoms with Gasteiger partial charge in [0.1, 0.15) is 5.54 Å². The largest absolute Gasteiger partial charge is 0.368 e. The molecule has 124 valence electrons. The Labute approximate surface area is 139 Å². The van der Waals surface area contributed by atoms with Gasteiger partial charge >= 0.3 is 0 Å². The molecule has 0 bridgehead atoms. The Morgan fingerprint density at radius 3 is 2.70 bits per heavy atom. The molecule has 1 aliphatic rings. The van der Waals surface area contributed by atoms with E-state index in [1.807, 2.05) is 30.5 Å². The zero-order chi connectivity index (χ0) is 17.2. The van der Waals surface area contributed by atoms with Crippen LogP contribution in [0.25, 0.3) is 0 Å². The molecule has 0 aromatic heterocycles. The fourth-order valence-corrected chi connectivity index (χ4v) is 2.84. The van der Waals surface area contributed by atoms with Crippen molar-refractivity contribution in [2.75, 3.05) is 17.7 Å². The molecule has 0 aliphatic carbocycles. The fraction of sp³-hybridized carbons (Fsp3) is 0.438. The fourth-order valence-electron chi connectivity index (χ4n) is 2.38. The van der Waals surface area contributed by atoms with Crippen molar-refractivity contribution < 1.29 is 14.4 Å². The van der Waals surface area contributed by atoms with E-state index in [1.165, 1.54) is 0 Å². The summed E-state index contributed by atoms with van der Waals surface area (Å²) in [6.07, 6.45) is 2.09. The van der Waals surface area contributed by atoms with Gasteiger partial charge in [0.15, 0.2) is 0 Å². The van der Waals surface area contributed by atoms with Crippen molar-refractivity contribution in [3.63, 3.8) is 0 Å². The first-order valence-electron chi connectivity index (χ1n) is 7.31. The highest BCUT2D eigenvalue weighted by molar-refractivity contribution is 7.98. The number of hydrogen-bond donors (Lipinski definition) is 2. The Kier molecular flexibility index (Phi) is 4.99. The Hall–Kier alpha value is -2.02. The highest BCUT2D eigenvalue weighted by Crippen LogP contribution is 2.28. The molecule has 1 heterocycles. The van der Waals surface area contributed by atoms with Gasteiger partial charge in [-0.05, 0) is 38.3 Å². The molecular formula is C16H21N3O3S. The van der Waals surface area contributed by atoms with E-state index in [2.05, 4.69) is 5.32 Å². The minimum Gasteiger partial charge on any atom is -0.368 e. The molecule has 3 amide bonds. The number of thioether (sulfide) groups is 1. The van der Waals surface area contributed by atoms with Crippen LogP contribution in [0.3, 0.4) is 0 Å². The van der Waals surface area contributed by atoms with Crippen molar-refractivity contribution in [2.45, 2.75) is 30.7 Å². The van der Waals surface area contributed by atoms with E-state index in [1.54, 1.807) is 30.5 Å². The number of nitrogens with one attached hydrogen (secondary N) is 1. The molecule has 1 aromatic carbocycles. The van der Waals surface area contributed by atoms with Crippen LogP contribution in [0.1, 0.15) is 20.3 Å². The molecule has 3 N–H and O–H groups in total. The summed E-state index contributed by atoms with van der Waals surface area (Å²) in [5.41, 5.74) is 4.91. The van der Waals surface area contributed by atoms with Gasteiger partial charge in [-0.2, -0.15) is 0 Å². The maximum Gasteiger partial charge on any atom is 0.242 e. The van der Waals surface area contributed by atoms with Gasteiger partial charge in [-0.25, -0.2) is 0 Å². The number of amides is 3. The van der Waals surface area contributed by atoms with Gasteiger partial charge in [0.2, 0.25) is 17.7 Å². The Balaban J connectivity index is 2.10. The van der Waals surface area contributed by atoms with E-state index < -0.39 is 17.4 Å². The summed E-state index contributed by atoms with van der Waals surface area (Å²) in [5.74, 6) is -1.52. The molecule has 1 unspecified atom stereocenters. The van der Waals surface area contributed by atoms with Crippen LogP contribution in [0.4, 0.5) is 5.69 Å². The minimum atomic E-state index is -1.13. The molecular weight excluding hydrogens is 314 g/mol. The molecule has 1 atom stereocenters. The predicted octanol–water partition coefficient (Wildman–Crippen LogP) is 1.14. The molecule has 1 aliphatic heterocycles. The van der Waals surface area contributed by atoms with E-state index in [0.29, 0.717) is 6.54 Å². The molecule has 0 radical (unpaired) electrons. The lowest BCUT2D eigenvalue weighted by atomic mass is 10.0. The number of carbonyl (C=O) groups is 3. The number of carbonyl (C=O) groups excluding carboxylic acids is 3. The lowest BCUT2D eigenvalue weighted by molar-refractivity contribution is -0.132. The van der Waals surface area contributed by atoms with Gasteiger partial charge in [-0.1, -0.05) is 6.07 Å². The van der Waals surface area contributed by atoms with Gasteiger partial charge < -0.3 is 16.0 Å². The van der Waals surface area contributed by atoms with E-state index in [4.69, 9.17) is 5.73 Å². The maximum atomic E-state index is 12.3. The highest BCUT2D eigenvalue weighted by atomic mass is 32.2. The van der Waals surface area contributed by atoms with Gasteiger partial charge in [0.05, 0.1) is 5.92 Å². The number of benzene rings is 1. The molecule has 23 heavy (non-hydrogen) atoms. The van der Waals surface area contributed by atoms with Gasteiger partial charge in [0, 0.05) is 23.5 Å². The zero-order valence-corrected chi connectivity index (χ0v) is 14.3. The number of primary amides is 1. The highest BCUT2D eigenvalue weighted by Gasteiger charge is 2.38. The van der Waals surface area contributed by atoms with Crippen LogP contribution >= 0.6 is 11.8 Å². The normalized spacial score (nSPS) is 18.1. The average Bonchev–Trinajstić information content (AvgIpc) is 2.89. The Bertz CT molecular complexity index is 645. The number of nitrogens with two attached hydrogens (primary N) is 1. The number of rotatable bonds is 5. The predicted molar refractivity (Wildman–Crippen MR) is 90.1 cm³/mol. The third-order valence-electron chi connectivity index (χ3n) is 3.91. The van der Waals surface area contributed by atoms with Crippen molar-refractivity contribution in [2.24, 2.45) is 11.7 Å². The van der Waals surface area contributed by atoms with Crippen LogP contribution in [0.5, 0.6) is 0 Å². The molecule has 6 nitrogen and oxygen atoms in total. The first-order valence-corrected chi connectivity index (χ1v) is 8.53. The topological polar surface area (TPSA) is 92.5 Å². The summed E-state index contributed by atoms with van der Waals surface area (Å²) in [7, 11) is 0. The Morgan fingerprint density at radius 2 is 2.09 bits per heavy atom. The molecule has 1 aromatic rings. The van der Waals surface area contributed by atoms with Crippen LogP contribution < -0.4 is 16.0 Å². The number of anilines is 1. The summed E-state index contributed by atoms with van der Waals surface area (Å²) in [6.45, 7) is 3.39. The standard InChI is InChI=1S/C16H21N3O3S/c1-16(2,15(17)22)18-14(21)10-7-13(20)19(9-10)11-5-4-6-12(8-11)23-3/h4-6,8,10H,7,9H2,1-3H3,(H2,17,22)(H,18,21). The minimum absolute atomic E-state index is 0.0970. The third-order valence-corrected chi connectivity index (χ3v) is 4.64. The SMILES string of the molecule is CSc1cccc(N2CC(C(=O)NC(C)(C)C(N)=O)CC2=O)c1. The van der Waals surface area contributed by atoms with Crippen LogP contribution in [0, 0.1) is 5.92 Å². The molecule has 0 saturated carbocycles. The van der Waals surface area contributed by atoms with Crippen LogP contribution in [0.2, 0.25) is 0 Å². The third kappa shape index (κ3) is 3.85. The van der Waals surface area contributed by atoms with Crippen molar-refractivity contribution in [1.29, 1.82) is 0 Å². The second-order valence-corrected chi connectivity index (χ2v) is 6.97. The van der Waals surface area contributed by atoms with E-state index in [-0.39, 0.29) is 18.2 Å². The summed E-state index contributed by atoms with van der Waals surface area (Å²) in [6, 6.07) is 7.63. The molecule has 1 saturated heterocycles. The number of hydrogen-bond acceptors (Lipinski definition) is 4. The van der Waals surface area contributed by atoms with Crippen molar-refractivity contribution in [3.8, 4) is 0 Å². The molecule has 0 spiro atoms. The summed E-state index contributed by atoms with van der Waals surface area (Å²) >= 11 is 1.59. The monoisotopic (exact) mass is 335 g/mol. The van der Waals surface area contributed by atoms with E-state index >= 15 is 0 Å². The van der Waals surface area contributed by atoms with Crippen molar-refractivity contribution >= 4 is 35.2 Å². The van der Waals surface area contributed by atoms with Crippen molar-refractivity contribution in [1.82, 2.24) is 5.32 Å². The van der Waals surface area contributed by atoms with Gasteiger partial charge in [0.25, 0.3) is 0 Å². The van der Waals surface area contributed by atoms with E-state index in [0.717, 1.165) is 10.6 Å². The summed E-state index contributed by atoms with van der Waals surface area (Å²) < 4.78 is 0. The lowest BCUT2D eigenvalue weighted by Gasteiger charge is -2.24. The number of nitrogens with zero attached hydrogens (tertiary/aromatic N) is 1. The second kappa shape index (κ2) is 6.62. The molecule has 7 heteroatoms. The van der Waals surface area contributed by atoms with Gasteiger partial charge in [-0.3, -0.25) is 14.4 Å². The molecule has 2 rings (SSSR count). The zero-order valence-electron chi connectivity index (χ0n) is 13.5.